The predicted molar refractivity (Wildman–Crippen MR) is 274 cm³/mol. The average molecular weight is 832 g/mol. The molecule has 3 heteroatoms. The highest BCUT2D eigenvalue weighted by Crippen LogP contribution is 2.44. The van der Waals surface area contributed by atoms with E-state index in [2.05, 4.69) is 287 Å². The number of nitrogens with zero attached hydrogens (tertiary/aromatic N) is 3. The lowest BCUT2D eigenvalue weighted by Crippen LogP contribution is -2.10. The molecule has 0 N–H and O–H groups in total. The highest BCUT2D eigenvalue weighted by Gasteiger charge is 2.19. The zero-order valence-corrected chi connectivity index (χ0v) is 35.8. The number of anilines is 6. The van der Waals surface area contributed by atoms with E-state index in [4.69, 9.17) is 0 Å². The summed E-state index contributed by atoms with van der Waals surface area (Å²) in [5, 5.41) is 1.22. The summed E-state index contributed by atoms with van der Waals surface area (Å²) in [4.78, 5) is 4.71. The Hall–Kier alpha value is -8.66. The molecule has 65 heavy (non-hydrogen) atoms. The summed E-state index contributed by atoms with van der Waals surface area (Å²) in [5.41, 5.74) is 18.2. The Kier molecular flexibility index (Phi) is 10.6. The lowest BCUT2D eigenvalue weighted by Gasteiger charge is -2.28. The van der Waals surface area contributed by atoms with Gasteiger partial charge in [0.15, 0.2) is 0 Å². The standard InChI is InChI=1S/C62H45N3/c1-6-18-46(19-7-1)47-32-36-54(37-33-47)64(52-25-12-4-13-26-52)56-29-16-22-50(44-56)61-45-57(40-41-59(61)48-20-8-2-9-21-48)65(53-27-14-5-15-28-53)55-38-34-49(35-39-55)58-30-17-31-62-60(58)42-43-63(62)51-23-10-3-11-24-51/h1-45H. The van der Waals surface area contributed by atoms with Gasteiger partial charge in [-0.05, 0) is 142 Å². The van der Waals surface area contributed by atoms with Crippen LogP contribution in [0.15, 0.2) is 273 Å². The zero-order valence-electron chi connectivity index (χ0n) is 35.8. The van der Waals surface area contributed by atoms with Crippen molar-refractivity contribution in [3.8, 4) is 50.2 Å². The first-order valence-corrected chi connectivity index (χ1v) is 22.2. The van der Waals surface area contributed by atoms with E-state index >= 15 is 0 Å². The monoisotopic (exact) mass is 831 g/mol. The highest BCUT2D eigenvalue weighted by atomic mass is 15.1. The molecule has 0 unspecified atom stereocenters. The molecule has 0 radical (unpaired) electrons. The summed E-state index contributed by atoms with van der Waals surface area (Å²) in [6.45, 7) is 0. The smallest absolute Gasteiger partial charge is 0.0534 e. The van der Waals surface area contributed by atoms with Crippen LogP contribution in [0.4, 0.5) is 34.1 Å². The maximum absolute atomic E-state index is 2.36. The Balaban J connectivity index is 1.01. The van der Waals surface area contributed by atoms with Gasteiger partial charge in [-0.2, -0.15) is 0 Å². The Morgan fingerprint density at radius 1 is 0.246 bits per heavy atom. The van der Waals surface area contributed by atoms with Crippen molar-refractivity contribution in [1.29, 1.82) is 0 Å². The Morgan fingerprint density at radius 3 is 1.29 bits per heavy atom. The second-order valence-corrected chi connectivity index (χ2v) is 16.2. The number of aromatic nitrogens is 1. The fourth-order valence-electron chi connectivity index (χ4n) is 9.10. The third-order valence-corrected chi connectivity index (χ3v) is 12.2. The summed E-state index contributed by atoms with van der Waals surface area (Å²) in [6, 6.07) is 95.7. The van der Waals surface area contributed by atoms with E-state index in [1.807, 2.05) is 0 Å². The summed E-state index contributed by atoms with van der Waals surface area (Å²) in [6.07, 6.45) is 2.17. The van der Waals surface area contributed by atoms with Crippen molar-refractivity contribution in [2.75, 3.05) is 9.80 Å². The van der Waals surface area contributed by atoms with Gasteiger partial charge in [-0.25, -0.2) is 0 Å². The van der Waals surface area contributed by atoms with E-state index in [0.29, 0.717) is 0 Å². The molecule has 0 fully saturated rings. The number of fused-ring (bicyclic) bond motifs is 1. The SMILES string of the molecule is c1ccc(-c2ccc(N(c3ccccc3)c3cccc(-c4cc(N(c5ccccc5)c5ccc(-c6cccc7c6ccn7-c6ccccc6)cc5)ccc4-c4ccccc4)c3)cc2)cc1. The molecular weight excluding hydrogens is 787 g/mol. The van der Waals surface area contributed by atoms with Gasteiger partial charge in [-0.15, -0.1) is 0 Å². The summed E-state index contributed by atoms with van der Waals surface area (Å²) in [7, 11) is 0. The lowest BCUT2D eigenvalue weighted by molar-refractivity contribution is 1.13. The van der Waals surface area contributed by atoms with Gasteiger partial charge in [-0.1, -0.05) is 170 Å². The quantitative estimate of drug-likeness (QED) is 0.129. The van der Waals surface area contributed by atoms with Crippen molar-refractivity contribution < 1.29 is 0 Å². The second kappa shape index (κ2) is 17.6. The molecule has 0 aliphatic rings. The van der Waals surface area contributed by atoms with Gasteiger partial charge >= 0.3 is 0 Å². The molecule has 11 aromatic rings. The normalized spacial score (nSPS) is 11.1. The van der Waals surface area contributed by atoms with Crippen LogP contribution in [0.1, 0.15) is 0 Å². The van der Waals surface area contributed by atoms with E-state index in [0.717, 1.165) is 50.9 Å². The lowest BCUT2D eigenvalue weighted by atomic mass is 9.93. The molecular formula is C62H45N3. The van der Waals surface area contributed by atoms with Crippen LogP contribution in [-0.2, 0) is 0 Å². The third kappa shape index (κ3) is 7.88. The maximum atomic E-state index is 2.36. The van der Waals surface area contributed by atoms with Crippen LogP contribution < -0.4 is 9.80 Å². The minimum absolute atomic E-state index is 1.07. The minimum atomic E-state index is 1.07. The topological polar surface area (TPSA) is 11.4 Å². The van der Waals surface area contributed by atoms with Crippen molar-refractivity contribution in [1.82, 2.24) is 4.57 Å². The Labute approximate surface area is 381 Å². The first-order valence-electron chi connectivity index (χ1n) is 22.2. The number of benzene rings is 10. The third-order valence-electron chi connectivity index (χ3n) is 12.2. The van der Waals surface area contributed by atoms with Crippen LogP contribution in [0.25, 0.3) is 61.1 Å². The fraction of sp³-hybridized carbons (Fsp3) is 0. The van der Waals surface area contributed by atoms with E-state index in [-0.39, 0.29) is 0 Å². The number of rotatable bonds is 11. The molecule has 0 amide bonds. The van der Waals surface area contributed by atoms with E-state index in [1.165, 1.54) is 44.3 Å². The number of para-hydroxylation sites is 3. The van der Waals surface area contributed by atoms with Gasteiger partial charge in [0.05, 0.1) is 5.52 Å². The average Bonchev–Trinajstić information content (AvgIpc) is 3.83. The van der Waals surface area contributed by atoms with E-state index < -0.39 is 0 Å². The molecule has 0 aliphatic heterocycles. The molecule has 0 spiro atoms. The minimum Gasteiger partial charge on any atom is -0.317 e. The van der Waals surface area contributed by atoms with Gasteiger partial charge in [0.25, 0.3) is 0 Å². The van der Waals surface area contributed by atoms with E-state index in [1.54, 1.807) is 0 Å². The molecule has 1 heterocycles. The molecule has 10 aromatic carbocycles. The molecule has 308 valence electrons. The van der Waals surface area contributed by atoms with E-state index in [9.17, 15) is 0 Å². The van der Waals surface area contributed by atoms with Crippen LogP contribution in [0.5, 0.6) is 0 Å². The Bertz CT molecular complexity index is 3330. The Morgan fingerprint density at radius 2 is 0.677 bits per heavy atom. The van der Waals surface area contributed by atoms with Gasteiger partial charge in [0.1, 0.15) is 0 Å². The van der Waals surface area contributed by atoms with Crippen molar-refractivity contribution in [2.24, 2.45) is 0 Å². The highest BCUT2D eigenvalue weighted by molar-refractivity contribution is 5.97. The van der Waals surface area contributed by atoms with Gasteiger partial charge in [-0.3, -0.25) is 0 Å². The first kappa shape index (κ1) is 39.2. The molecule has 0 aliphatic carbocycles. The largest absolute Gasteiger partial charge is 0.317 e. The molecule has 3 nitrogen and oxygen atoms in total. The van der Waals surface area contributed by atoms with Gasteiger partial charge < -0.3 is 14.4 Å². The van der Waals surface area contributed by atoms with Crippen molar-refractivity contribution in [3.63, 3.8) is 0 Å². The van der Waals surface area contributed by atoms with Crippen LogP contribution in [0, 0.1) is 0 Å². The van der Waals surface area contributed by atoms with Crippen LogP contribution in [0.2, 0.25) is 0 Å². The summed E-state index contributed by atoms with van der Waals surface area (Å²) in [5.74, 6) is 0. The van der Waals surface area contributed by atoms with Crippen LogP contribution >= 0.6 is 0 Å². The number of hydrogen-bond acceptors (Lipinski definition) is 2. The van der Waals surface area contributed by atoms with Crippen LogP contribution in [-0.4, -0.2) is 4.57 Å². The molecule has 0 bridgehead atoms. The number of hydrogen-bond donors (Lipinski definition) is 0. The first-order chi connectivity index (χ1) is 32.2. The molecule has 0 atom stereocenters. The predicted octanol–water partition coefficient (Wildman–Crippen LogP) is 17.2. The maximum Gasteiger partial charge on any atom is 0.0534 e. The van der Waals surface area contributed by atoms with Gasteiger partial charge in [0, 0.05) is 51.4 Å². The molecule has 1 aromatic heterocycles. The van der Waals surface area contributed by atoms with Crippen molar-refractivity contribution in [2.45, 2.75) is 0 Å². The molecule has 11 rings (SSSR count). The summed E-state index contributed by atoms with van der Waals surface area (Å²) < 4.78 is 2.26. The summed E-state index contributed by atoms with van der Waals surface area (Å²) >= 11 is 0. The second-order valence-electron chi connectivity index (χ2n) is 16.2. The molecule has 0 saturated carbocycles. The van der Waals surface area contributed by atoms with Crippen molar-refractivity contribution >= 4 is 45.0 Å². The van der Waals surface area contributed by atoms with Crippen molar-refractivity contribution in [3.05, 3.63) is 273 Å². The zero-order chi connectivity index (χ0) is 43.4. The fourth-order valence-corrected chi connectivity index (χ4v) is 9.10. The van der Waals surface area contributed by atoms with Crippen LogP contribution in [0.3, 0.4) is 0 Å². The van der Waals surface area contributed by atoms with Gasteiger partial charge in [0.2, 0.25) is 0 Å². The molecule has 0 saturated heterocycles.